The second-order valence-electron chi connectivity index (χ2n) is 30.3. The molecule has 0 aliphatic heterocycles. The van der Waals surface area contributed by atoms with Crippen molar-refractivity contribution in [1.29, 1.82) is 0 Å². The molecule has 0 nitrogen and oxygen atoms in total. The van der Waals surface area contributed by atoms with Crippen molar-refractivity contribution in [1.82, 2.24) is 0 Å². The summed E-state index contributed by atoms with van der Waals surface area (Å²) in [7, 11) is -7.64. The van der Waals surface area contributed by atoms with Crippen LogP contribution < -0.4 is 0 Å². The summed E-state index contributed by atoms with van der Waals surface area (Å²) in [6, 6.07) is 19.5. The molecule has 0 aromatic heterocycles. The molecule has 0 N–H and O–H groups in total. The van der Waals surface area contributed by atoms with Crippen LogP contribution in [0.1, 0.15) is 46.1 Å². The van der Waals surface area contributed by atoms with Gasteiger partial charge >= 0.3 is 6.18 Å². The zero-order chi connectivity index (χ0) is 52.9. The molecule has 15 heteroatoms. The Morgan fingerprint density at radius 3 is 1.20 bits per heavy atom. The maximum Gasteiger partial charge on any atom is 0.389 e. The van der Waals surface area contributed by atoms with Crippen LogP contribution in [0.3, 0.4) is 0 Å². The van der Waals surface area contributed by atoms with Crippen LogP contribution in [0, 0.1) is 10.8 Å². The highest BCUT2D eigenvalue weighted by Gasteiger charge is 2.39. The van der Waals surface area contributed by atoms with Gasteiger partial charge in [-0.05, 0) is 28.2 Å². The monoisotopic (exact) mass is 1130 g/mol. The second kappa shape index (κ2) is 32.0. The third-order valence-electron chi connectivity index (χ3n) is 12.6. The van der Waals surface area contributed by atoms with Crippen molar-refractivity contribution in [2.45, 2.75) is 274 Å². The lowest BCUT2D eigenvalue weighted by atomic mass is 9.86. The van der Waals surface area contributed by atoms with E-state index in [0.717, 1.165) is 12.1 Å². The average molecular weight is 1130 g/mol. The Balaban J connectivity index is -0.000000818. The molecule has 0 spiro atoms. The van der Waals surface area contributed by atoms with Crippen LogP contribution in [0.5, 0.6) is 0 Å². The minimum absolute atomic E-state index is 0.0745. The Bertz CT molecular complexity index is 1360. The SMILES string of the molecule is C[SiH](C)CC(C)(CCC(F)(F)F)C[Si](C)(C)C[SiH](C)C.C[SiH](C)C[SiH](C)CC(C)(C[SiH](C)C)c1ccccc1.C[SiH](C)C[Si](C)(C)C[SiH](C)C.C[SiH](CC(C)(C)C[Si](C)(C)C)C[Si](C)(C)C. The summed E-state index contributed by atoms with van der Waals surface area (Å²) in [6.07, 6.45) is -4.27. The van der Waals surface area contributed by atoms with E-state index in [-0.39, 0.29) is 31.8 Å². The number of halogens is 3. The van der Waals surface area contributed by atoms with Gasteiger partial charge in [0.2, 0.25) is 0 Å². The van der Waals surface area contributed by atoms with E-state index in [1.807, 2.05) is 0 Å². The van der Waals surface area contributed by atoms with Gasteiger partial charge in [0, 0.05) is 109 Å². The van der Waals surface area contributed by atoms with Gasteiger partial charge in [0.25, 0.3) is 0 Å². The van der Waals surface area contributed by atoms with E-state index < -0.39 is 88.9 Å². The molecule has 0 bridgehead atoms. The largest absolute Gasteiger partial charge is 0.389 e. The van der Waals surface area contributed by atoms with Gasteiger partial charge in [-0.2, -0.15) is 13.2 Å². The van der Waals surface area contributed by atoms with Crippen LogP contribution in [0.15, 0.2) is 30.3 Å². The van der Waals surface area contributed by atoms with E-state index in [4.69, 9.17) is 0 Å². The van der Waals surface area contributed by atoms with E-state index in [1.165, 1.54) is 23.8 Å². The summed E-state index contributed by atoms with van der Waals surface area (Å²) < 4.78 is 37.8. The maximum absolute atomic E-state index is 12.6. The average Bonchev–Trinajstić information content (AvgIpc) is 2.99. The lowest BCUT2D eigenvalue weighted by Crippen LogP contribution is -2.38. The molecular weight excluding hydrogens is 1010 g/mol. The number of alkyl halides is 3. The van der Waals surface area contributed by atoms with Crippen molar-refractivity contribution in [2.24, 2.45) is 10.8 Å². The minimum Gasteiger partial charge on any atom is -0.171 e. The molecule has 0 fully saturated rings. The highest BCUT2D eigenvalue weighted by molar-refractivity contribution is 6.94. The molecular formula is C51H123F3Si12. The number of rotatable bonds is 25. The van der Waals surface area contributed by atoms with Gasteiger partial charge in [0.1, 0.15) is 0 Å². The molecule has 1 aromatic rings. The smallest absolute Gasteiger partial charge is 0.171 e. The lowest BCUT2D eigenvalue weighted by Gasteiger charge is -2.39. The zero-order valence-electron chi connectivity index (χ0n) is 50.3. The lowest BCUT2D eigenvalue weighted by molar-refractivity contribution is -0.139. The van der Waals surface area contributed by atoms with E-state index >= 15 is 0 Å². The van der Waals surface area contributed by atoms with Gasteiger partial charge in [-0.1, -0.05) is 280 Å². The fourth-order valence-electron chi connectivity index (χ4n) is 13.6. The number of benzene rings is 1. The summed E-state index contributed by atoms with van der Waals surface area (Å²) in [4.78, 5) is 0. The molecule has 1 rings (SSSR count). The first kappa shape index (κ1) is 71.9. The predicted octanol–water partition coefficient (Wildman–Crippen LogP) is 17.7. The van der Waals surface area contributed by atoms with Crippen LogP contribution in [-0.4, -0.2) is 109 Å². The predicted molar refractivity (Wildman–Crippen MR) is 345 cm³/mol. The van der Waals surface area contributed by atoms with Crippen LogP contribution in [0.4, 0.5) is 13.2 Å². The second-order valence-corrected chi connectivity index (χ2v) is 81.1. The van der Waals surface area contributed by atoms with Gasteiger partial charge in [-0.25, -0.2) is 0 Å². The first-order valence-electron chi connectivity index (χ1n) is 27.3. The number of hydrogen-bond acceptors (Lipinski definition) is 0. The zero-order valence-corrected chi connectivity index (χ0v) is 63.6. The topological polar surface area (TPSA) is 0 Å². The molecule has 0 aliphatic rings. The van der Waals surface area contributed by atoms with Crippen molar-refractivity contribution < 1.29 is 13.2 Å². The van der Waals surface area contributed by atoms with E-state index in [1.54, 1.807) is 34.3 Å². The molecule has 0 radical (unpaired) electrons. The van der Waals surface area contributed by atoms with E-state index in [0.29, 0.717) is 17.3 Å². The molecule has 0 amide bonds. The summed E-state index contributed by atoms with van der Waals surface area (Å²) in [5, 5.41) is 0. The van der Waals surface area contributed by atoms with Gasteiger partial charge < -0.3 is 0 Å². The molecule has 1 aromatic carbocycles. The van der Waals surface area contributed by atoms with Crippen molar-refractivity contribution >= 4 is 103 Å². The fourth-order valence-corrected chi connectivity index (χ4v) is 74.0. The highest BCUT2D eigenvalue weighted by Crippen LogP contribution is 2.43. The van der Waals surface area contributed by atoms with Crippen LogP contribution in [-0.2, 0) is 5.41 Å². The van der Waals surface area contributed by atoms with Crippen molar-refractivity contribution in [3.8, 4) is 0 Å². The van der Waals surface area contributed by atoms with Crippen molar-refractivity contribution in [3.63, 3.8) is 0 Å². The van der Waals surface area contributed by atoms with Gasteiger partial charge in [0.05, 0.1) is 0 Å². The van der Waals surface area contributed by atoms with Crippen molar-refractivity contribution in [2.75, 3.05) is 0 Å². The van der Waals surface area contributed by atoms with Crippen molar-refractivity contribution in [3.05, 3.63) is 35.9 Å². The molecule has 0 heterocycles. The molecule has 396 valence electrons. The quantitative estimate of drug-likeness (QED) is 0.0856. The Morgan fingerprint density at radius 2 is 0.848 bits per heavy atom. The maximum atomic E-state index is 12.6. The third-order valence-corrected chi connectivity index (χ3v) is 61.1. The minimum atomic E-state index is -4.00. The molecule has 0 aliphatic carbocycles. The molecule has 4 unspecified atom stereocenters. The first-order valence-corrected chi connectivity index (χ1v) is 65.9. The van der Waals surface area contributed by atoms with Gasteiger partial charge in [-0.15, -0.1) is 0 Å². The van der Waals surface area contributed by atoms with Gasteiger partial charge in [0.15, 0.2) is 0 Å². The first-order chi connectivity index (χ1) is 29.2. The highest BCUT2D eigenvalue weighted by atomic mass is 28.4. The molecule has 66 heavy (non-hydrogen) atoms. The van der Waals surface area contributed by atoms with E-state index in [9.17, 15) is 13.2 Å². The van der Waals surface area contributed by atoms with Gasteiger partial charge in [-0.3, -0.25) is 0 Å². The normalized spacial score (nSPS) is 16.0. The van der Waals surface area contributed by atoms with Crippen LogP contribution >= 0.6 is 0 Å². The molecule has 0 saturated carbocycles. The summed E-state index contributed by atoms with van der Waals surface area (Å²) >= 11 is 0. The summed E-state index contributed by atoms with van der Waals surface area (Å²) in [5.41, 5.74) is 10.6. The Morgan fingerprint density at radius 1 is 0.424 bits per heavy atom. The Labute approximate surface area is 433 Å². The molecule has 4 atom stereocenters. The van der Waals surface area contributed by atoms with Crippen LogP contribution in [0.25, 0.3) is 0 Å². The fraction of sp³-hybridized carbons (Fsp3) is 0.882. The summed E-state index contributed by atoms with van der Waals surface area (Å²) in [6.45, 7) is 69.2. The number of hydrogen-bond donors (Lipinski definition) is 0. The van der Waals surface area contributed by atoms with E-state index in [2.05, 4.69) is 215 Å². The molecule has 0 saturated heterocycles. The standard InChI is InChI=1S/C16H32Si3.C14H33F3Si3.C13H34Si3.C8H24Si3/c1-16(12-17(2)3,13-19(6)14-18(4)5)15-10-8-7-9-11-15;1-13(10-18(2)3,8-9-14(15,16)17)11-20(6,7)12-19(4)5;1-13(2,11-15(4,5)6)10-14(3)12-16(7,8)9;1-9(2)7-11(5,6)8-10(3)4/h7-11,17-19H,12-14H2,1-6H3;18-19H,8-12H2,1-7H3;14H,10-12H2,1-9H3;9-10H,7-8H2,1-6H3. The Kier molecular flexibility index (Phi) is 34.9. The summed E-state index contributed by atoms with van der Waals surface area (Å²) in [5.74, 6) is 0. The third kappa shape index (κ3) is 44.3. The van der Waals surface area contributed by atoms with Crippen LogP contribution in [0.2, 0.25) is 222 Å². The Hall–Kier alpha value is 1.61.